The number of nitrogens with one attached hydrogen (secondary N) is 1. The largest absolute Gasteiger partial charge is 0.378 e. The van der Waals surface area contributed by atoms with Gasteiger partial charge in [0.15, 0.2) is 0 Å². The second-order valence-corrected chi connectivity index (χ2v) is 7.75. The highest BCUT2D eigenvalue weighted by Crippen LogP contribution is 2.24. The minimum absolute atomic E-state index is 0.00696. The van der Waals surface area contributed by atoms with Crippen molar-refractivity contribution in [2.45, 2.75) is 25.8 Å². The average Bonchev–Trinajstić information content (AvgIpc) is 2.79. The van der Waals surface area contributed by atoms with Crippen LogP contribution in [0, 0.1) is 0 Å². The molecular formula is C21H26ClN5O2. The lowest BCUT2D eigenvalue weighted by molar-refractivity contribution is 0.0724. The van der Waals surface area contributed by atoms with E-state index in [2.05, 4.69) is 20.2 Å². The summed E-state index contributed by atoms with van der Waals surface area (Å²) < 4.78 is 5.44. The number of nitrogens with zero attached hydrogens (tertiary/aromatic N) is 4. The van der Waals surface area contributed by atoms with Crippen LogP contribution >= 0.6 is 11.6 Å². The Kier molecular flexibility index (Phi) is 6.46. The van der Waals surface area contributed by atoms with Crippen molar-refractivity contribution in [1.82, 2.24) is 14.9 Å². The second-order valence-electron chi connectivity index (χ2n) is 7.35. The van der Waals surface area contributed by atoms with E-state index in [1.165, 1.54) is 6.42 Å². The van der Waals surface area contributed by atoms with Gasteiger partial charge in [-0.05, 0) is 31.4 Å². The van der Waals surface area contributed by atoms with E-state index in [1.54, 1.807) is 18.5 Å². The van der Waals surface area contributed by atoms with E-state index in [-0.39, 0.29) is 5.91 Å². The predicted octanol–water partition coefficient (Wildman–Crippen LogP) is 3.20. The smallest absolute Gasteiger partial charge is 0.255 e. The Labute approximate surface area is 176 Å². The van der Waals surface area contributed by atoms with Crippen LogP contribution in [0.2, 0.25) is 5.02 Å². The zero-order valence-corrected chi connectivity index (χ0v) is 17.2. The average molecular weight is 416 g/mol. The van der Waals surface area contributed by atoms with Gasteiger partial charge in [0, 0.05) is 50.7 Å². The summed E-state index contributed by atoms with van der Waals surface area (Å²) in [5.41, 5.74) is 1.61. The number of rotatable bonds is 5. The third kappa shape index (κ3) is 4.79. The van der Waals surface area contributed by atoms with Crippen molar-refractivity contribution < 1.29 is 9.53 Å². The number of carbonyl (C=O) groups is 1. The van der Waals surface area contributed by atoms with E-state index in [0.717, 1.165) is 50.4 Å². The Morgan fingerprint density at radius 3 is 2.69 bits per heavy atom. The van der Waals surface area contributed by atoms with Gasteiger partial charge in [-0.3, -0.25) is 4.79 Å². The summed E-state index contributed by atoms with van der Waals surface area (Å²) in [5.74, 6) is 1.53. The molecule has 0 saturated carbocycles. The van der Waals surface area contributed by atoms with E-state index in [4.69, 9.17) is 16.3 Å². The van der Waals surface area contributed by atoms with Gasteiger partial charge in [0.25, 0.3) is 5.91 Å². The van der Waals surface area contributed by atoms with Crippen molar-refractivity contribution in [2.75, 3.05) is 49.6 Å². The maximum atomic E-state index is 12.6. The number of anilines is 2. The highest BCUT2D eigenvalue weighted by Gasteiger charge is 2.20. The summed E-state index contributed by atoms with van der Waals surface area (Å²) in [7, 11) is 0. The maximum absolute atomic E-state index is 12.6. The number of piperidine rings is 1. The van der Waals surface area contributed by atoms with Crippen LogP contribution in [0.5, 0.6) is 0 Å². The summed E-state index contributed by atoms with van der Waals surface area (Å²) in [5, 5.41) is 3.74. The Morgan fingerprint density at radius 2 is 1.93 bits per heavy atom. The number of halogens is 1. The molecule has 0 aliphatic carbocycles. The summed E-state index contributed by atoms with van der Waals surface area (Å²) in [6.45, 7) is 5.25. The lowest BCUT2D eigenvalue weighted by Gasteiger charge is -2.29. The van der Waals surface area contributed by atoms with Crippen molar-refractivity contribution in [2.24, 2.45) is 0 Å². The lowest BCUT2D eigenvalue weighted by atomic mass is 10.1. The molecule has 2 saturated heterocycles. The zero-order chi connectivity index (χ0) is 20.1. The fourth-order valence-electron chi connectivity index (χ4n) is 3.77. The molecule has 4 rings (SSSR count). The molecule has 154 valence electrons. The van der Waals surface area contributed by atoms with Gasteiger partial charge in [0.2, 0.25) is 0 Å². The van der Waals surface area contributed by atoms with Crippen LogP contribution < -0.4 is 10.2 Å². The minimum Gasteiger partial charge on any atom is -0.378 e. The predicted molar refractivity (Wildman–Crippen MR) is 114 cm³/mol. The molecule has 2 aromatic rings. The number of carbonyl (C=O) groups excluding carboxylic acids is 1. The molecule has 0 atom stereocenters. The van der Waals surface area contributed by atoms with Crippen LogP contribution in [-0.4, -0.2) is 60.2 Å². The maximum Gasteiger partial charge on any atom is 0.255 e. The molecule has 29 heavy (non-hydrogen) atoms. The molecule has 0 radical (unpaired) electrons. The van der Waals surface area contributed by atoms with Gasteiger partial charge in [-0.2, -0.15) is 0 Å². The molecule has 2 fully saturated rings. The lowest BCUT2D eigenvalue weighted by Crippen LogP contribution is -2.37. The van der Waals surface area contributed by atoms with E-state index in [9.17, 15) is 4.79 Å². The number of hydrogen-bond donors (Lipinski definition) is 1. The van der Waals surface area contributed by atoms with Gasteiger partial charge >= 0.3 is 0 Å². The molecule has 7 nitrogen and oxygen atoms in total. The highest BCUT2D eigenvalue weighted by atomic mass is 35.5. The number of likely N-dealkylation sites (tertiary alicyclic amines) is 1. The zero-order valence-electron chi connectivity index (χ0n) is 16.4. The molecule has 0 unspecified atom stereocenters. The molecule has 4 heterocycles. The number of morpholine rings is 1. The van der Waals surface area contributed by atoms with E-state index >= 15 is 0 Å². The van der Waals surface area contributed by atoms with E-state index < -0.39 is 0 Å². The summed E-state index contributed by atoms with van der Waals surface area (Å²) in [6.07, 6.45) is 6.72. The summed E-state index contributed by atoms with van der Waals surface area (Å²) in [4.78, 5) is 25.7. The van der Waals surface area contributed by atoms with E-state index in [1.807, 2.05) is 17.0 Å². The molecule has 2 aliphatic heterocycles. The highest BCUT2D eigenvalue weighted by molar-refractivity contribution is 6.33. The van der Waals surface area contributed by atoms with Crippen LogP contribution in [0.3, 0.4) is 0 Å². The third-order valence-electron chi connectivity index (χ3n) is 5.36. The number of aromatic nitrogens is 2. The van der Waals surface area contributed by atoms with Crippen molar-refractivity contribution in [3.8, 4) is 0 Å². The first-order valence-electron chi connectivity index (χ1n) is 10.2. The van der Waals surface area contributed by atoms with E-state index in [0.29, 0.717) is 36.2 Å². The first-order valence-corrected chi connectivity index (χ1v) is 10.6. The first-order chi connectivity index (χ1) is 14.2. The minimum atomic E-state index is 0.00696. The van der Waals surface area contributed by atoms with Crippen LogP contribution in [0.4, 0.5) is 11.6 Å². The van der Waals surface area contributed by atoms with Gasteiger partial charge in [-0.25, -0.2) is 9.97 Å². The molecule has 0 spiro atoms. The topological polar surface area (TPSA) is 70.6 Å². The number of hydrogen-bond acceptors (Lipinski definition) is 6. The number of amides is 1. The Morgan fingerprint density at radius 1 is 1.14 bits per heavy atom. The standard InChI is InChI=1S/C21H26ClN5O2/c22-18-13-17(21(28)27-7-2-1-3-8-27)15-25-19(18)24-14-16-5-4-6-23-20(16)26-9-11-29-12-10-26/h4-6,13,15H,1-3,7-12,14H2,(H,24,25). The fraction of sp³-hybridized carbons (Fsp3) is 0.476. The van der Waals surface area contributed by atoms with Crippen LogP contribution in [0.15, 0.2) is 30.6 Å². The van der Waals surface area contributed by atoms with Crippen molar-refractivity contribution in [3.63, 3.8) is 0 Å². The first kappa shape index (κ1) is 19.9. The summed E-state index contributed by atoms with van der Waals surface area (Å²) in [6, 6.07) is 5.68. The van der Waals surface area contributed by atoms with Gasteiger partial charge < -0.3 is 19.9 Å². The molecular weight excluding hydrogens is 390 g/mol. The summed E-state index contributed by atoms with van der Waals surface area (Å²) >= 11 is 6.43. The molecule has 1 N–H and O–H groups in total. The van der Waals surface area contributed by atoms with Gasteiger partial charge in [-0.15, -0.1) is 0 Å². The van der Waals surface area contributed by atoms with Gasteiger partial charge in [0.1, 0.15) is 11.6 Å². The molecule has 2 aliphatic rings. The van der Waals surface area contributed by atoms with Crippen LogP contribution in [-0.2, 0) is 11.3 Å². The molecule has 0 bridgehead atoms. The Bertz CT molecular complexity index is 851. The number of pyridine rings is 2. The van der Waals surface area contributed by atoms with Crippen molar-refractivity contribution >= 4 is 29.1 Å². The van der Waals surface area contributed by atoms with Gasteiger partial charge in [-0.1, -0.05) is 17.7 Å². The molecule has 2 aromatic heterocycles. The van der Waals surface area contributed by atoms with Gasteiger partial charge in [0.05, 0.1) is 23.8 Å². The molecule has 0 aromatic carbocycles. The molecule has 8 heteroatoms. The van der Waals surface area contributed by atoms with Crippen LogP contribution in [0.25, 0.3) is 0 Å². The van der Waals surface area contributed by atoms with Crippen molar-refractivity contribution in [1.29, 1.82) is 0 Å². The molecule has 1 amide bonds. The SMILES string of the molecule is O=C(c1cnc(NCc2cccnc2N2CCOCC2)c(Cl)c1)N1CCCCC1. The quantitative estimate of drug-likeness (QED) is 0.808. The fourth-order valence-corrected chi connectivity index (χ4v) is 4.00. The second kappa shape index (κ2) is 9.41. The van der Waals surface area contributed by atoms with Crippen molar-refractivity contribution in [3.05, 3.63) is 46.7 Å². The number of ether oxygens (including phenoxy) is 1. The normalized spacial score (nSPS) is 17.3. The Balaban J connectivity index is 1.43. The third-order valence-corrected chi connectivity index (χ3v) is 5.64. The van der Waals surface area contributed by atoms with Crippen LogP contribution in [0.1, 0.15) is 35.2 Å². The Hall–Kier alpha value is -2.38. The monoisotopic (exact) mass is 415 g/mol.